The summed E-state index contributed by atoms with van der Waals surface area (Å²) in [6.07, 6.45) is -4.47. The SMILES string of the molecule is CN(Sc1ccc(Cl)s1)C(c1ccc(F)cc1)C(F)(F)F. The number of nitrogens with zero attached hydrogens (tertiary/aromatic N) is 1. The number of thiophene rings is 1. The molecule has 0 amide bonds. The predicted octanol–water partition coefficient (Wildman–Crippen LogP) is 5.78. The molecule has 1 aromatic heterocycles. The minimum atomic E-state index is -4.47. The smallest absolute Gasteiger partial charge is 0.232 e. The van der Waals surface area contributed by atoms with Gasteiger partial charge in [-0.3, -0.25) is 0 Å². The third kappa shape index (κ3) is 4.35. The number of hydrogen-bond donors (Lipinski definition) is 0. The first-order chi connectivity index (χ1) is 9.77. The Morgan fingerprint density at radius 1 is 1.14 bits per heavy atom. The Kier molecular flexibility index (Phi) is 5.19. The van der Waals surface area contributed by atoms with Crippen LogP contribution in [0.4, 0.5) is 17.6 Å². The van der Waals surface area contributed by atoms with Gasteiger partial charge in [0.25, 0.3) is 0 Å². The fraction of sp³-hybridized carbons (Fsp3) is 0.231. The van der Waals surface area contributed by atoms with Gasteiger partial charge in [0, 0.05) is 0 Å². The summed E-state index contributed by atoms with van der Waals surface area (Å²) in [5.74, 6) is -0.569. The molecule has 0 aliphatic rings. The van der Waals surface area contributed by atoms with Crippen molar-refractivity contribution in [3.8, 4) is 0 Å². The summed E-state index contributed by atoms with van der Waals surface area (Å²) in [5.41, 5.74) is -0.0125. The molecule has 0 fully saturated rings. The van der Waals surface area contributed by atoms with Crippen molar-refractivity contribution >= 4 is 34.9 Å². The van der Waals surface area contributed by atoms with Crippen molar-refractivity contribution in [3.05, 3.63) is 52.1 Å². The van der Waals surface area contributed by atoms with Gasteiger partial charge in [0.1, 0.15) is 11.9 Å². The lowest BCUT2D eigenvalue weighted by Gasteiger charge is -2.28. The van der Waals surface area contributed by atoms with Crippen LogP contribution >= 0.6 is 34.9 Å². The van der Waals surface area contributed by atoms with Gasteiger partial charge < -0.3 is 0 Å². The molecule has 8 heteroatoms. The molecule has 0 aliphatic heterocycles. The van der Waals surface area contributed by atoms with Crippen LogP contribution in [0.25, 0.3) is 0 Å². The van der Waals surface area contributed by atoms with Crippen molar-refractivity contribution < 1.29 is 17.6 Å². The highest BCUT2D eigenvalue weighted by Crippen LogP contribution is 2.43. The maximum absolute atomic E-state index is 13.3. The Labute approximate surface area is 132 Å². The van der Waals surface area contributed by atoms with E-state index >= 15 is 0 Å². The zero-order valence-corrected chi connectivity index (χ0v) is 13.1. The monoisotopic (exact) mass is 355 g/mol. The zero-order chi connectivity index (χ0) is 15.6. The molecule has 0 N–H and O–H groups in total. The van der Waals surface area contributed by atoms with Crippen LogP contribution in [0.2, 0.25) is 4.34 Å². The molecule has 1 unspecified atom stereocenters. The van der Waals surface area contributed by atoms with Crippen LogP contribution in [0.3, 0.4) is 0 Å². The fourth-order valence-corrected chi connectivity index (χ4v) is 4.24. The molecule has 0 bridgehead atoms. The number of hydrogen-bond acceptors (Lipinski definition) is 3. The molecule has 1 heterocycles. The van der Waals surface area contributed by atoms with Gasteiger partial charge in [0.2, 0.25) is 0 Å². The van der Waals surface area contributed by atoms with Crippen molar-refractivity contribution in [2.24, 2.45) is 0 Å². The van der Waals surface area contributed by atoms with Crippen LogP contribution in [0.5, 0.6) is 0 Å². The lowest BCUT2D eigenvalue weighted by atomic mass is 10.1. The largest absolute Gasteiger partial charge is 0.408 e. The molecule has 0 radical (unpaired) electrons. The minimum Gasteiger partial charge on any atom is -0.232 e. The predicted molar refractivity (Wildman–Crippen MR) is 78.1 cm³/mol. The lowest BCUT2D eigenvalue weighted by Crippen LogP contribution is -2.31. The highest BCUT2D eigenvalue weighted by molar-refractivity contribution is 7.99. The zero-order valence-electron chi connectivity index (χ0n) is 10.7. The summed E-state index contributed by atoms with van der Waals surface area (Å²) in [4.78, 5) is 0. The molecule has 0 aliphatic carbocycles. The van der Waals surface area contributed by atoms with Gasteiger partial charge in [0.05, 0.1) is 8.55 Å². The van der Waals surface area contributed by atoms with E-state index in [2.05, 4.69) is 0 Å². The van der Waals surface area contributed by atoms with Crippen LogP contribution in [0.15, 0.2) is 40.6 Å². The average Bonchev–Trinajstić information content (AvgIpc) is 2.76. The number of rotatable bonds is 4. The molecule has 0 saturated heterocycles. The maximum atomic E-state index is 13.3. The Balaban J connectivity index is 2.25. The number of benzene rings is 1. The Hall–Kier alpha value is -0.760. The van der Waals surface area contributed by atoms with Gasteiger partial charge in [-0.15, -0.1) is 11.3 Å². The normalized spacial score (nSPS) is 13.7. The van der Waals surface area contributed by atoms with Gasteiger partial charge in [-0.1, -0.05) is 23.7 Å². The van der Waals surface area contributed by atoms with Crippen molar-refractivity contribution in [2.45, 2.75) is 16.4 Å². The molecule has 1 aromatic carbocycles. The van der Waals surface area contributed by atoms with Crippen LogP contribution in [0, 0.1) is 5.82 Å². The first-order valence-corrected chi connectivity index (χ1v) is 7.72. The minimum absolute atomic E-state index is 0.0125. The molecule has 2 rings (SSSR count). The summed E-state index contributed by atoms with van der Waals surface area (Å²) in [5, 5.41) is 0. The average molecular weight is 356 g/mol. The van der Waals surface area contributed by atoms with Gasteiger partial charge in [0.15, 0.2) is 0 Å². The van der Waals surface area contributed by atoms with E-state index < -0.39 is 18.0 Å². The number of alkyl halides is 3. The van der Waals surface area contributed by atoms with Gasteiger partial charge in [-0.2, -0.15) is 13.2 Å². The maximum Gasteiger partial charge on any atom is 0.408 e. The quantitative estimate of drug-likeness (QED) is 0.505. The second kappa shape index (κ2) is 6.56. The Morgan fingerprint density at radius 3 is 2.24 bits per heavy atom. The standard InChI is InChI=1S/C13H10ClF4NS2/c1-19(21-11-7-6-10(14)20-11)12(13(16,17)18)8-2-4-9(15)5-3-8/h2-7,12H,1H3. The molecule has 1 atom stereocenters. The van der Waals surface area contributed by atoms with Crippen LogP contribution < -0.4 is 0 Å². The molecular formula is C13H10ClF4NS2. The number of halogens is 5. The highest BCUT2D eigenvalue weighted by atomic mass is 35.5. The molecule has 0 saturated carbocycles. The van der Waals surface area contributed by atoms with E-state index in [1.54, 1.807) is 12.1 Å². The van der Waals surface area contributed by atoms with Gasteiger partial charge in [-0.25, -0.2) is 8.70 Å². The second-order valence-electron chi connectivity index (χ2n) is 4.19. The van der Waals surface area contributed by atoms with E-state index in [9.17, 15) is 17.6 Å². The van der Waals surface area contributed by atoms with Crippen LogP contribution in [-0.4, -0.2) is 17.5 Å². The molecule has 1 nitrogen and oxygen atoms in total. The summed E-state index contributed by atoms with van der Waals surface area (Å²) >= 11 is 7.92. The molecule has 2 aromatic rings. The molecular weight excluding hydrogens is 346 g/mol. The highest BCUT2D eigenvalue weighted by Gasteiger charge is 2.44. The summed E-state index contributed by atoms with van der Waals surface area (Å²) in [6.45, 7) is 0. The summed E-state index contributed by atoms with van der Waals surface area (Å²) in [6, 6.07) is 5.79. The van der Waals surface area contributed by atoms with E-state index in [1.807, 2.05) is 0 Å². The van der Waals surface area contributed by atoms with E-state index in [-0.39, 0.29) is 5.56 Å². The molecule has 21 heavy (non-hydrogen) atoms. The van der Waals surface area contributed by atoms with Gasteiger partial charge >= 0.3 is 6.18 Å². The third-order valence-electron chi connectivity index (χ3n) is 2.64. The Morgan fingerprint density at radius 2 is 1.76 bits per heavy atom. The second-order valence-corrected chi connectivity index (χ2v) is 7.36. The lowest BCUT2D eigenvalue weighted by molar-refractivity contribution is -0.169. The van der Waals surface area contributed by atoms with E-state index in [0.29, 0.717) is 8.55 Å². The van der Waals surface area contributed by atoms with Crippen molar-refractivity contribution in [2.75, 3.05) is 7.05 Å². The topological polar surface area (TPSA) is 3.24 Å². The summed E-state index contributed by atoms with van der Waals surface area (Å²) in [7, 11) is 1.35. The summed E-state index contributed by atoms with van der Waals surface area (Å²) < 4.78 is 55.0. The molecule has 114 valence electrons. The fourth-order valence-electron chi connectivity index (χ4n) is 1.79. The van der Waals surface area contributed by atoms with Gasteiger partial charge in [-0.05, 0) is 48.8 Å². The van der Waals surface area contributed by atoms with Crippen molar-refractivity contribution in [3.63, 3.8) is 0 Å². The first-order valence-electron chi connectivity index (χ1n) is 5.75. The van der Waals surface area contributed by atoms with Crippen LogP contribution in [0.1, 0.15) is 11.6 Å². The van der Waals surface area contributed by atoms with E-state index in [0.717, 1.165) is 40.5 Å². The van der Waals surface area contributed by atoms with E-state index in [1.165, 1.54) is 18.4 Å². The van der Waals surface area contributed by atoms with Crippen LogP contribution in [-0.2, 0) is 0 Å². The third-order valence-corrected chi connectivity index (χ3v) is 4.96. The van der Waals surface area contributed by atoms with Crippen molar-refractivity contribution in [1.29, 1.82) is 0 Å². The van der Waals surface area contributed by atoms with Crippen molar-refractivity contribution in [1.82, 2.24) is 4.31 Å². The Bertz CT molecular complexity index is 597. The first kappa shape index (κ1) is 16.6. The molecule has 0 spiro atoms. The van der Waals surface area contributed by atoms with E-state index in [4.69, 9.17) is 11.6 Å².